The van der Waals surface area contributed by atoms with E-state index >= 15 is 0 Å². The highest BCUT2D eigenvalue weighted by molar-refractivity contribution is 6.01. The van der Waals surface area contributed by atoms with Gasteiger partial charge in [-0.25, -0.2) is 4.98 Å². The van der Waals surface area contributed by atoms with Crippen LogP contribution < -0.4 is 5.32 Å². The normalized spacial score (nSPS) is 13.1. The van der Waals surface area contributed by atoms with Crippen molar-refractivity contribution in [2.24, 2.45) is 0 Å². The van der Waals surface area contributed by atoms with E-state index < -0.39 is 0 Å². The van der Waals surface area contributed by atoms with Crippen molar-refractivity contribution in [3.05, 3.63) is 71.0 Å². The largest absolute Gasteiger partial charge is 0.372 e. The number of amides is 1. The van der Waals surface area contributed by atoms with Crippen molar-refractivity contribution in [2.75, 3.05) is 18.5 Å². The average Bonchev–Trinajstić information content (AvgIpc) is 3.14. The van der Waals surface area contributed by atoms with E-state index in [9.17, 15) is 9.59 Å². The molecule has 160 valence electrons. The summed E-state index contributed by atoms with van der Waals surface area (Å²) in [4.78, 5) is 32.7. The molecule has 2 heterocycles. The Labute approximate surface area is 182 Å². The third kappa shape index (κ3) is 4.91. The summed E-state index contributed by atoms with van der Waals surface area (Å²) in [6.07, 6.45) is 5.52. The van der Waals surface area contributed by atoms with Crippen LogP contribution >= 0.6 is 0 Å². The molecule has 6 nitrogen and oxygen atoms in total. The van der Waals surface area contributed by atoms with Crippen LogP contribution in [0.3, 0.4) is 0 Å². The molecule has 2 N–H and O–H groups in total. The van der Waals surface area contributed by atoms with Gasteiger partial charge in [-0.1, -0.05) is 37.3 Å². The Morgan fingerprint density at radius 2 is 2.03 bits per heavy atom. The number of hydrogen-bond donors (Lipinski definition) is 2. The zero-order valence-corrected chi connectivity index (χ0v) is 17.7. The second-order valence-corrected chi connectivity index (χ2v) is 7.80. The fourth-order valence-electron chi connectivity index (χ4n) is 4.04. The minimum absolute atomic E-state index is 0.00427. The number of ether oxygens (including phenoxy) is 1. The molecule has 0 atom stereocenters. The van der Waals surface area contributed by atoms with Crippen molar-refractivity contribution in [3.8, 4) is 11.3 Å². The van der Waals surface area contributed by atoms with E-state index in [1.807, 2.05) is 37.3 Å². The number of aryl methyl sites for hydroxylation is 1. The van der Waals surface area contributed by atoms with Gasteiger partial charge in [-0.05, 0) is 42.5 Å². The first kappa shape index (κ1) is 21.0. The summed E-state index contributed by atoms with van der Waals surface area (Å²) >= 11 is 0. The van der Waals surface area contributed by atoms with E-state index in [2.05, 4.69) is 27.4 Å². The zero-order valence-electron chi connectivity index (χ0n) is 17.7. The number of hydrogen-bond acceptors (Lipinski definition) is 4. The smallest absolute Gasteiger partial charge is 0.251 e. The predicted octanol–water partition coefficient (Wildman–Crippen LogP) is 4.55. The Balaban J connectivity index is 1.66. The van der Waals surface area contributed by atoms with Crippen LogP contribution in [0.25, 0.3) is 11.3 Å². The second-order valence-electron chi connectivity index (χ2n) is 7.80. The molecule has 3 aromatic rings. The number of fused-ring (bicyclic) bond motifs is 1. The SMILES string of the molecule is CCCOCC(=O)Nc1cc(-c2[nH]c3c(c2Cc2ccccc2)C(=O)CCC3)ccn1. The summed E-state index contributed by atoms with van der Waals surface area (Å²) in [7, 11) is 0. The number of Topliss-reactive ketones (excluding diaryl/α,β-unsaturated/α-hetero) is 1. The number of ketones is 1. The highest BCUT2D eigenvalue weighted by Crippen LogP contribution is 2.35. The monoisotopic (exact) mass is 417 g/mol. The summed E-state index contributed by atoms with van der Waals surface area (Å²) in [6.45, 7) is 2.55. The molecule has 1 aromatic carbocycles. The van der Waals surface area contributed by atoms with E-state index in [4.69, 9.17) is 4.74 Å². The second kappa shape index (κ2) is 9.71. The first-order chi connectivity index (χ1) is 15.2. The van der Waals surface area contributed by atoms with Gasteiger partial charge >= 0.3 is 0 Å². The number of carbonyl (C=O) groups is 2. The quantitative estimate of drug-likeness (QED) is 0.527. The Morgan fingerprint density at radius 1 is 1.19 bits per heavy atom. The highest BCUT2D eigenvalue weighted by atomic mass is 16.5. The molecule has 1 amide bonds. The fourth-order valence-corrected chi connectivity index (χ4v) is 4.04. The van der Waals surface area contributed by atoms with Gasteiger partial charge in [0.25, 0.3) is 5.91 Å². The molecule has 0 aliphatic heterocycles. The Morgan fingerprint density at radius 3 is 2.84 bits per heavy atom. The fraction of sp³-hybridized carbons (Fsp3) is 0.320. The summed E-state index contributed by atoms with van der Waals surface area (Å²) < 4.78 is 5.30. The molecule has 0 spiro atoms. The molecular weight excluding hydrogens is 390 g/mol. The number of anilines is 1. The Hall–Kier alpha value is -3.25. The van der Waals surface area contributed by atoms with Gasteiger partial charge < -0.3 is 15.0 Å². The van der Waals surface area contributed by atoms with Crippen molar-refractivity contribution in [2.45, 2.75) is 39.0 Å². The third-order valence-corrected chi connectivity index (χ3v) is 5.41. The lowest BCUT2D eigenvalue weighted by Gasteiger charge is -2.12. The molecule has 0 saturated carbocycles. The van der Waals surface area contributed by atoms with Crippen molar-refractivity contribution >= 4 is 17.5 Å². The first-order valence-electron chi connectivity index (χ1n) is 10.8. The maximum Gasteiger partial charge on any atom is 0.251 e. The van der Waals surface area contributed by atoms with E-state index in [0.717, 1.165) is 52.9 Å². The summed E-state index contributed by atoms with van der Waals surface area (Å²) in [5.41, 5.74) is 5.82. The van der Waals surface area contributed by atoms with Gasteiger partial charge in [0.2, 0.25) is 0 Å². The number of aromatic nitrogens is 2. The molecule has 4 rings (SSSR count). The standard InChI is InChI=1S/C25H27N3O3/c1-2-13-31-16-23(30)28-22-15-18(11-12-26-22)25-19(14-17-7-4-3-5-8-17)24-20(27-25)9-6-10-21(24)29/h3-5,7-8,11-12,15,27H,2,6,9-10,13-14,16H2,1H3,(H,26,28,30). The molecule has 1 aliphatic carbocycles. The van der Waals surface area contributed by atoms with Gasteiger partial charge in [0.15, 0.2) is 5.78 Å². The van der Waals surface area contributed by atoms with E-state index in [0.29, 0.717) is 25.3 Å². The van der Waals surface area contributed by atoms with Gasteiger partial charge in [-0.2, -0.15) is 0 Å². The summed E-state index contributed by atoms with van der Waals surface area (Å²) in [5, 5.41) is 2.79. The van der Waals surface area contributed by atoms with Crippen LogP contribution in [-0.2, 0) is 22.4 Å². The van der Waals surface area contributed by atoms with Crippen LogP contribution in [0.2, 0.25) is 0 Å². The van der Waals surface area contributed by atoms with Gasteiger partial charge in [-0.15, -0.1) is 0 Å². The molecule has 0 saturated heterocycles. The maximum absolute atomic E-state index is 12.8. The van der Waals surface area contributed by atoms with Crippen molar-refractivity contribution in [3.63, 3.8) is 0 Å². The summed E-state index contributed by atoms with van der Waals surface area (Å²) in [6, 6.07) is 13.9. The lowest BCUT2D eigenvalue weighted by Crippen LogP contribution is -2.19. The Bertz CT molecular complexity index is 1070. The average molecular weight is 418 g/mol. The number of nitrogens with zero attached hydrogens (tertiary/aromatic N) is 1. The topological polar surface area (TPSA) is 84.1 Å². The predicted molar refractivity (Wildman–Crippen MR) is 120 cm³/mol. The Kier molecular flexibility index (Phi) is 6.57. The number of rotatable bonds is 8. The lowest BCUT2D eigenvalue weighted by atomic mass is 9.90. The number of carbonyl (C=O) groups excluding carboxylic acids is 2. The molecule has 1 aliphatic rings. The van der Waals surface area contributed by atoms with Gasteiger partial charge in [-0.3, -0.25) is 9.59 Å². The minimum atomic E-state index is -0.233. The van der Waals surface area contributed by atoms with Crippen molar-refractivity contribution in [1.82, 2.24) is 9.97 Å². The molecule has 0 bridgehead atoms. The molecule has 0 fully saturated rings. The van der Waals surface area contributed by atoms with E-state index in [-0.39, 0.29) is 18.3 Å². The lowest BCUT2D eigenvalue weighted by molar-refractivity contribution is -0.120. The summed E-state index contributed by atoms with van der Waals surface area (Å²) in [5.74, 6) is 0.432. The number of benzene rings is 1. The molecule has 6 heteroatoms. The van der Waals surface area contributed by atoms with Crippen molar-refractivity contribution in [1.29, 1.82) is 0 Å². The molecule has 2 aromatic heterocycles. The molecule has 0 unspecified atom stereocenters. The zero-order chi connectivity index (χ0) is 21.6. The van der Waals surface area contributed by atoms with Gasteiger partial charge in [0.05, 0.1) is 5.69 Å². The van der Waals surface area contributed by atoms with E-state index in [1.54, 1.807) is 6.20 Å². The van der Waals surface area contributed by atoms with E-state index in [1.165, 1.54) is 0 Å². The number of pyridine rings is 1. The minimum Gasteiger partial charge on any atom is -0.372 e. The van der Waals surface area contributed by atoms with Crippen LogP contribution in [0.4, 0.5) is 5.82 Å². The highest BCUT2D eigenvalue weighted by Gasteiger charge is 2.26. The maximum atomic E-state index is 12.8. The van der Waals surface area contributed by atoms with Crippen LogP contribution in [0, 0.1) is 0 Å². The number of nitrogens with one attached hydrogen (secondary N) is 2. The van der Waals surface area contributed by atoms with Gasteiger partial charge in [0, 0.05) is 42.5 Å². The first-order valence-corrected chi connectivity index (χ1v) is 10.8. The van der Waals surface area contributed by atoms with Crippen LogP contribution in [0.5, 0.6) is 0 Å². The van der Waals surface area contributed by atoms with Crippen LogP contribution in [0.1, 0.15) is 53.4 Å². The number of aromatic amines is 1. The number of H-pyrrole nitrogens is 1. The molecular formula is C25H27N3O3. The van der Waals surface area contributed by atoms with Gasteiger partial charge in [0.1, 0.15) is 12.4 Å². The molecule has 31 heavy (non-hydrogen) atoms. The third-order valence-electron chi connectivity index (χ3n) is 5.41. The molecule has 0 radical (unpaired) electrons. The van der Waals surface area contributed by atoms with Crippen LogP contribution in [-0.4, -0.2) is 34.9 Å². The van der Waals surface area contributed by atoms with Crippen molar-refractivity contribution < 1.29 is 14.3 Å². The van der Waals surface area contributed by atoms with Crippen LogP contribution in [0.15, 0.2) is 48.7 Å².